The second-order valence-electron chi connectivity index (χ2n) is 4.72. The van der Waals surface area contributed by atoms with Gasteiger partial charge in [0.25, 0.3) is 5.65 Å². The molecule has 0 saturated heterocycles. The fourth-order valence-electron chi connectivity index (χ4n) is 2.64. The minimum absolute atomic E-state index is 0.771. The Kier molecular flexibility index (Phi) is 2.27. The minimum Gasteiger partial charge on any atom is -0.487 e. The first-order valence-corrected chi connectivity index (χ1v) is 6.52. The van der Waals surface area contributed by atoms with Crippen molar-refractivity contribution in [1.29, 1.82) is 0 Å². The van der Waals surface area contributed by atoms with Crippen molar-refractivity contribution < 1.29 is 9.30 Å². The van der Waals surface area contributed by atoms with Gasteiger partial charge in [0, 0.05) is 12.3 Å². The molecule has 0 aromatic carbocycles. The molecule has 0 amide bonds. The Morgan fingerprint density at radius 3 is 3.26 bits per heavy atom. The normalized spacial score (nSPS) is 14.1. The molecule has 4 rings (SSSR count). The molecule has 19 heavy (non-hydrogen) atoms. The first-order valence-electron chi connectivity index (χ1n) is 6.52. The van der Waals surface area contributed by atoms with Crippen molar-refractivity contribution in [3.05, 3.63) is 48.5 Å². The zero-order valence-corrected chi connectivity index (χ0v) is 10.5. The Bertz CT molecular complexity index is 748. The van der Waals surface area contributed by atoms with Crippen molar-refractivity contribution in [2.75, 3.05) is 6.61 Å². The SMILES string of the molecule is c1cc2cc[nH]c2[n+](-c2ccnc3c2OCCC3)c1. The van der Waals surface area contributed by atoms with E-state index in [0.717, 1.165) is 42.2 Å². The number of nitrogens with zero attached hydrogens (tertiary/aromatic N) is 2. The van der Waals surface area contributed by atoms with E-state index in [2.05, 4.69) is 26.7 Å². The third-order valence-electron chi connectivity index (χ3n) is 3.53. The summed E-state index contributed by atoms with van der Waals surface area (Å²) >= 11 is 0. The fourth-order valence-corrected chi connectivity index (χ4v) is 2.64. The average Bonchev–Trinajstić information content (AvgIpc) is 2.95. The van der Waals surface area contributed by atoms with Crippen LogP contribution in [0.2, 0.25) is 0 Å². The molecule has 0 bridgehead atoms. The number of aromatic nitrogens is 3. The maximum Gasteiger partial charge on any atom is 0.291 e. The standard InChI is InChI=1S/C15H13N3O/c1-3-11-5-7-17-15(11)18(9-1)13-6-8-16-12-4-2-10-19-14(12)13/h1,3,5-9H,2,4,10H2/p+1. The number of hydrogen-bond acceptors (Lipinski definition) is 2. The number of pyridine rings is 2. The van der Waals surface area contributed by atoms with Crippen LogP contribution in [-0.4, -0.2) is 16.6 Å². The van der Waals surface area contributed by atoms with Crippen LogP contribution in [0, 0.1) is 0 Å². The highest BCUT2D eigenvalue weighted by molar-refractivity contribution is 5.72. The lowest BCUT2D eigenvalue weighted by Gasteiger charge is -2.17. The van der Waals surface area contributed by atoms with Gasteiger partial charge < -0.3 is 4.74 Å². The second-order valence-corrected chi connectivity index (χ2v) is 4.72. The molecule has 3 aromatic heterocycles. The zero-order valence-electron chi connectivity index (χ0n) is 10.5. The molecule has 1 aliphatic heterocycles. The van der Waals surface area contributed by atoms with Crippen LogP contribution in [0.5, 0.6) is 5.75 Å². The molecule has 1 N–H and O–H groups in total. The first-order chi connectivity index (χ1) is 9.43. The van der Waals surface area contributed by atoms with E-state index in [1.807, 2.05) is 30.7 Å². The molecule has 4 heteroatoms. The van der Waals surface area contributed by atoms with E-state index in [-0.39, 0.29) is 0 Å². The van der Waals surface area contributed by atoms with Crippen molar-refractivity contribution in [3.8, 4) is 11.4 Å². The number of ether oxygens (including phenoxy) is 1. The summed E-state index contributed by atoms with van der Waals surface area (Å²) in [5, 5.41) is 1.18. The highest BCUT2D eigenvalue weighted by Gasteiger charge is 2.21. The number of aromatic amines is 1. The lowest BCUT2D eigenvalue weighted by atomic mass is 10.1. The van der Waals surface area contributed by atoms with Crippen LogP contribution in [-0.2, 0) is 6.42 Å². The largest absolute Gasteiger partial charge is 0.487 e. The number of fused-ring (bicyclic) bond motifs is 2. The van der Waals surface area contributed by atoms with Crippen LogP contribution < -0.4 is 9.30 Å². The smallest absolute Gasteiger partial charge is 0.291 e. The molecule has 3 aromatic rings. The molecule has 4 heterocycles. The van der Waals surface area contributed by atoms with Gasteiger partial charge in [-0.3, -0.25) is 4.98 Å². The third-order valence-corrected chi connectivity index (χ3v) is 3.53. The summed E-state index contributed by atoms with van der Waals surface area (Å²) in [6, 6.07) is 8.22. The van der Waals surface area contributed by atoms with Gasteiger partial charge in [0.05, 0.1) is 30.1 Å². The fraction of sp³-hybridized carbons (Fsp3) is 0.200. The highest BCUT2D eigenvalue weighted by Crippen LogP contribution is 2.27. The second kappa shape index (κ2) is 4.09. The number of H-pyrrole nitrogens is 1. The molecule has 0 spiro atoms. The van der Waals surface area contributed by atoms with Gasteiger partial charge in [0.2, 0.25) is 0 Å². The van der Waals surface area contributed by atoms with E-state index in [4.69, 9.17) is 4.74 Å². The van der Waals surface area contributed by atoms with Crippen molar-refractivity contribution in [1.82, 2.24) is 9.97 Å². The van der Waals surface area contributed by atoms with Gasteiger partial charge in [-0.05, 0) is 31.0 Å². The topological polar surface area (TPSA) is 41.8 Å². The Hall–Kier alpha value is -2.36. The summed E-state index contributed by atoms with van der Waals surface area (Å²) in [5.41, 5.74) is 3.18. The van der Waals surface area contributed by atoms with Gasteiger partial charge in [-0.15, -0.1) is 0 Å². The molecule has 0 aliphatic carbocycles. The molecule has 0 unspecified atom stereocenters. The number of nitrogens with one attached hydrogen (secondary N) is 1. The van der Waals surface area contributed by atoms with Gasteiger partial charge >= 0.3 is 0 Å². The summed E-state index contributed by atoms with van der Waals surface area (Å²) in [5.74, 6) is 0.917. The lowest BCUT2D eigenvalue weighted by Crippen LogP contribution is -2.33. The molecular weight excluding hydrogens is 238 g/mol. The summed E-state index contributed by atoms with van der Waals surface area (Å²) in [7, 11) is 0. The first kappa shape index (κ1) is 10.6. The lowest BCUT2D eigenvalue weighted by molar-refractivity contribution is -0.569. The van der Waals surface area contributed by atoms with Gasteiger partial charge in [-0.2, -0.15) is 4.57 Å². The Labute approximate surface area is 110 Å². The van der Waals surface area contributed by atoms with Crippen molar-refractivity contribution in [2.45, 2.75) is 12.8 Å². The van der Waals surface area contributed by atoms with E-state index in [1.165, 1.54) is 5.39 Å². The van der Waals surface area contributed by atoms with Crippen LogP contribution in [0.25, 0.3) is 16.7 Å². The molecule has 4 nitrogen and oxygen atoms in total. The van der Waals surface area contributed by atoms with Gasteiger partial charge in [-0.25, -0.2) is 4.98 Å². The molecule has 0 saturated carbocycles. The zero-order chi connectivity index (χ0) is 12.7. The van der Waals surface area contributed by atoms with Crippen molar-refractivity contribution in [2.24, 2.45) is 0 Å². The molecular formula is C15H14N3O+. The van der Waals surface area contributed by atoms with Gasteiger partial charge in [0.1, 0.15) is 0 Å². The van der Waals surface area contributed by atoms with Gasteiger partial charge in [-0.1, -0.05) is 0 Å². The van der Waals surface area contributed by atoms with Crippen LogP contribution in [0.4, 0.5) is 0 Å². The molecule has 0 atom stereocenters. The van der Waals surface area contributed by atoms with E-state index < -0.39 is 0 Å². The van der Waals surface area contributed by atoms with Crippen LogP contribution >= 0.6 is 0 Å². The third kappa shape index (κ3) is 1.60. The number of hydrogen-bond donors (Lipinski definition) is 1. The van der Waals surface area contributed by atoms with E-state index >= 15 is 0 Å². The Balaban J connectivity index is 2.00. The van der Waals surface area contributed by atoms with E-state index in [1.54, 1.807) is 0 Å². The predicted molar refractivity (Wildman–Crippen MR) is 71.4 cm³/mol. The van der Waals surface area contributed by atoms with E-state index in [0.29, 0.717) is 0 Å². The monoisotopic (exact) mass is 252 g/mol. The highest BCUT2D eigenvalue weighted by atomic mass is 16.5. The Morgan fingerprint density at radius 2 is 2.26 bits per heavy atom. The summed E-state index contributed by atoms with van der Waals surface area (Å²) < 4.78 is 7.96. The van der Waals surface area contributed by atoms with Crippen LogP contribution in [0.1, 0.15) is 12.1 Å². The van der Waals surface area contributed by atoms with Crippen molar-refractivity contribution in [3.63, 3.8) is 0 Å². The molecule has 94 valence electrons. The quantitative estimate of drug-likeness (QED) is 0.674. The summed E-state index contributed by atoms with van der Waals surface area (Å²) in [6.45, 7) is 0.771. The predicted octanol–water partition coefficient (Wildman–Crippen LogP) is 2.16. The molecule has 0 fully saturated rings. The molecule has 0 radical (unpaired) electrons. The van der Waals surface area contributed by atoms with Gasteiger partial charge in [0.15, 0.2) is 11.4 Å². The minimum atomic E-state index is 0.771. The average molecular weight is 252 g/mol. The number of rotatable bonds is 1. The van der Waals surface area contributed by atoms with E-state index in [9.17, 15) is 0 Å². The summed E-state index contributed by atoms with van der Waals surface area (Å²) in [6.07, 6.45) is 7.89. The van der Waals surface area contributed by atoms with Crippen molar-refractivity contribution >= 4 is 11.0 Å². The maximum absolute atomic E-state index is 5.84. The number of aryl methyl sites for hydroxylation is 1. The van der Waals surface area contributed by atoms with Crippen LogP contribution in [0.15, 0.2) is 42.9 Å². The van der Waals surface area contributed by atoms with Crippen LogP contribution in [0.3, 0.4) is 0 Å². The molecule has 1 aliphatic rings. The summed E-state index contributed by atoms with van der Waals surface area (Å²) in [4.78, 5) is 7.71. The Morgan fingerprint density at radius 1 is 1.26 bits per heavy atom. The maximum atomic E-state index is 5.84.